The molecule has 5 heteroatoms. The molecule has 94 valence electrons. The molecule has 1 aliphatic rings. The Morgan fingerprint density at radius 2 is 2.47 bits per heavy atom. The van der Waals surface area contributed by atoms with Gasteiger partial charge in [-0.15, -0.1) is 11.3 Å². The molecule has 1 aromatic rings. The van der Waals surface area contributed by atoms with E-state index in [4.69, 9.17) is 0 Å². The fraction of sp³-hybridized carbons (Fsp3) is 0.667. The average Bonchev–Trinajstić information content (AvgIpc) is 2.86. The number of carbonyl (C=O) groups is 1. The molecule has 1 amide bonds. The topological polar surface area (TPSA) is 53.4 Å². The highest BCUT2D eigenvalue weighted by atomic mass is 32.1. The van der Waals surface area contributed by atoms with E-state index in [2.05, 4.69) is 18.8 Å². The van der Waals surface area contributed by atoms with E-state index in [0.29, 0.717) is 31.8 Å². The molecular formula is C12H18N2O2S. The van der Waals surface area contributed by atoms with Crippen molar-refractivity contribution >= 4 is 17.2 Å². The maximum absolute atomic E-state index is 11.9. The van der Waals surface area contributed by atoms with Crippen molar-refractivity contribution in [3.05, 3.63) is 16.1 Å². The number of aliphatic hydroxyl groups excluding tert-OH is 1. The quantitative estimate of drug-likeness (QED) is 0.887. The number of aromatic nitrogens is 1. The average molecular weight is 254 g/mol. The number of hydrogen-bond donors (Lipinski definition) is 1. The summed E-state index contributed by atoms with van der Waals surface area (Å²) >= 11 is 1.61. The lowest BCUT2D eigenvalue weighted by molar-refractivity contribution is -0.129. The Bertz CT molecular complexity index is 403. The van der Waals surface area contributed by atoms with Crippen LogP contribution in [0.25, 0.3) is 0 Å². The Balaban J connectivity index is 1.93. The van der Waals surface area contributed by atoms with Crippen LogP contribution in [0.2, 0.25) is 0 Å². The van der Waals surface area contributed by atoms with Gasteiger partial charge in [0.2, 0.25) is 5.91 Å². The number of likely N-dealkylation sites (tertiary alicyclic amines) is 1. The first-order valence-corrected chi connectivity index (χ1v) is 6.84. The van der Waals surface area contributed by atoms with Crippen LogP contribution in [-0.2, 0) is 11.2 Å². The van der Waals surface area contributed by atoms with E-state index < -0.39 is 0 Å². The normalized spacial score (nSPS) is 20.2. The van der Waals surface area contributed by atoms with Gasteiger partial charge in [-0.25, -0.2) is 4.98 Å². The van der Waals surface area contributed by atoms with Crippen LogP contribution in [0.1, 0.15) is 36.9 Å². The van der Waals surface area contributed by atoms with Crippen LogP contribution >= 0.6 is 11.3 Å². The Labute approximate surface area is 105 Å². The zero-order valence-electron chi connectivity index (χ0n) is 10.2. The highest BCUT2D eigenvalue weighted by molar-refractivity contribution is 7.09. The monoisotopic (exact) mass is 254 g/mol. The van der Waals surface area contributed by atoms with Crippen LogP contribution in [0.3, 0.4) is 0 Å². The fourth-order valence-electron chi connectivity index (χ4n) is 1.90. The molecule has 1 aliphatic heterocycles. The summed E-state index contributed by atoms with van der Waals surface area (Å²) in [7, 11) is 0. The second-order valence-corrected chi connectivity index (χ2v) is 5.68. The molecular weight excluding hydrogens is 236 g/mol. The molecule has 2 rings (SSSR count). The highest BCUT2D eigenvalue weighted by Gasteiger charge is 2.24. The molecule has 0 unspecified atom stereocenters. The number of β-amino-alcohol motifs (C(OH)–C–C–N with tert-alkyl or cyclic N) is 1. The van der Waals surface area contributed by atoms with Gasteiger partial charge in [0.1, 0.15) is 0 Å². The van der Waals surface area contributed by atoms with Gasteiger partial charge in [0.05, 0.1) is 23.2 Å². The van der Waals surface area contributed by atoms with Gasteiger partial charge in [0, 0.05) is 24.4 Å². The van der Waals surface area contributed by atoms with Crippen molar-refractivity contribution in [3.8, 4) is 0 Å². The largest absolute Gasteiger partial charge is 0.391 e. The zero-order chi connectivity index (χ0) is 12.4. The third kappa shape index (κ3) is 3.04. The Morgan fingerprint density at radius 3 is 3.00 bits per heavy atom. The van der Waals surface area contributed by atoms with Crippen molar-refractivity contribution in [1.82, 2.24) is 9.88 Å². The van der Waals surface area contributed by atoms with E-state index in [1.165, 1.54) is 0 Å². The summed E-state index contributed by atoms with van der Waals surface area (Å²) in [6, 6.07) is 0. The van der Waals surface area contributed by atoms with E-state index in [9.17, 15) is 9.90 Å². The number of carbonyl (C=O) groups excluding carboxylic acids is 1. The van der Waals surface area contributed by atoms with Crippen LogP contribution in [-0.4, -0.2) is 40.1 Å². The minimum absolute atomic E-state index is 0.0714. The van der Waals surface area contributed by atoms with Crippen molar-refractivity contribution in [2.45, 2.75) is 38.7 Å². The minimum Gasteiger partial charge on any atom is -0.391 e. The molecule has 1 atom stereocenters. The van der Waals surface area contributed by atoms with Crippen LogP contribution in [0.5, 0.6) is 0 Å². The summed E-state index contributed by atoms with van der Waals surface area (Å²) in [6.07, 6.45) is 0.705. The first-order valence-electron chi connectivity index (χ1n) is 5.96. The summed E-state index contributed by atoms with van der Waals surface area (Å²) in [5.74, 6) is 0.486. The summed E-state index contributed by atoms with van der Waals surface area (Å²) in [5.41, 5.74) is 0.852. The van der Waals surface area contributed by atoms with Crippen molar-refractivity contribution < 1.29 is 9.90 Å². The predicted octanol–water partition coefficient (Wildman–Crippen LogP) is 1.40. The van der Waals surface area contributed by atoms with Crippen LogP contribution in [0.15, 0.2) is 5.38 Å². The van der Waals surface area contributed by atoms with E-state index in [1.807, 2.05) is 5.38 Å². The van der Waals surface area contributed by atoms with Crippen LogP contribution in [0.4, 0.5) is 0 Å². The smallest absolute Gasteiger partial charge is 0.228 e. The van der Waals surface area contributed by atoms with Crippen LogP contribution < -0.4 is 0 Å². The number of thiazole rings is 1. The van der Waals surface area contributed by atoms with Crippen molar-refractivity contribution in [1.29, 1.82) is 0 Å². The molecule has 1 aromatic heterocycles. The van der Waals surface area contributed by atoms with Crippen molar-refractivity contribution in [2.75, 3.05) is 13.1 Å². The summed E-state index contributed by atoms with van der Waals surface area (Å²) in [4.78, 5) is 18.1. The first kappa shape index (κ1) is 12.5. The number of amides is 1. The van der Waals surface area contributed by atoms with Gasteiger partial charge in [-0.05, 0) is 6.42 Å². The number of aliphatic hydroxyl groups is 1. The molecule has 0 spiro atoms. The highest BCUT2D eigenvalue weighted by Crippen LogP contribution is 2.20. The van der Waals surface area contributed by atoms with Crippen molar-refractivity contribution in [3.63, 3.8) is 0 Å². The molecule has 1 saturated heterocycles. The number of hydrogen-bond acceptors (Lipinski definition) is 4. The molecule has 1 N–H and O–H groups in total. The van der Waals surface area contributed by atoms with Gasteiger partial charge in [0.25, 0.3) is 0 Å². The molecule has 0 aliphatic carbocycles. The molecule has 0 aromatic carbocycles. The van der Waals surface area contributed by atoms with E-state index in [-0.39, 0.29) is 12.0 Å². The lowest BCUT2D eigenvalue weighted by Crippen LogP contribution is -2.30. The number of rotatable bonds is 3. The fourth-order valence-corrected chi connectivity index (χ4v) is 2.74. The van der Waals surface area contributed by atoms with Crippen LogP contribution in [0, 0.1) is 0 Å². The predicted molar refractivity (Wildman–Crippen MR) is 67.1 cm³/mol. The number of nitrogens with zero attached hydrogens (tertiary/aromatic N) is 2. The Kier molecular flexibility index (Phi) is 3.79. The van der Waals surface area contributed by atoms with E-state index in [0.717, 1.165) is 10.7 Å². The SMILES string of the molecule is CC(C)c1nc(CC(=O)N2CC[C@H](O)C2)cs1. The molecule has 1 fully saturated rings. The summed E-state index contributed by atoms with van der Waals surface area (Å²) < 4.78 is 0. The summed E-state index contributed by atoms with van der Waals surface area (Å²) in [5, 5.41) is 12.4. The molecule has 0 saturated carbocycles. The third-order valence-corrected chi connectivity index (χ3v) is 4.11. The maximum Gasteiger partial charge on any atom is 0.228 e. The van der Waals surface area contributed by atoms with Crippen molar-refractivity contribution in [2.24, 2.45) is 0 Å². The third-order valence-electron chi connectivity index (χ3n) is 2.91. The molecule has 17 heavy (non-hydrogen) atoms. The maximum atomic E-state index is 11.9. The van der Waals surface area contributed by atoms with Gasteiger partial charge in [-0.1, -0.05) is 13.8 Å². The standard InChI is InChI=1S/C12H18N2O2S/c1-8(2)12-13-9(7-17-12)5-11(16)14-4-3-10(15)6-14/h7-8,10,15H,3-6H2,1-2H3/t10-/m0/s1. The van der Waals surface area contributed by atoms with E-state index in [1.54, 1.807) is 16.2 Å². The summed E-state index contributed by atoms with van der Waals surface area (Å²) in [6.45, 7) is 5.34. The van der Waals surface area contributed by atoms with Gasteiger partial charge >= 0.3 is 0 Å². The first-order chi connectivity index (χ1) is 8.06. The molecule has 4 nitrogen and oxygen atoms in total. The molecule has 0 bridgehead atoms. The molecule has 0 radical (unpaired) electrons. The van der Waals surface area contributed by atoms with Gasteiger partial charge in [-0.3, -0.25) is 4.79 Å². The van der Waals surface area contributed by atoms with Gasteiger partial charge < -0.3 is 10.0 Å². The molecule has 2 heterocycles. The van der Waals surface area contributed by atoms with Gasteiger partial charge in [-0.2, -0.15) is 0 Å². The second kappa shape index (κ2) is 5.14. The minimum atomic E-state index is -0.347. The lowest BCUT2D eigenvalue weighted by Gasteiger charge is -2.14. The van der Waals surface area contributed by atoms with Gasteiger partial charge in [0.15, 0.2) is 0 Å². The zero-order valence-corrected chi connectivity index (χ0v) is 11.0. The lowest BCUT2D eigenvalue weighted by atomic mass is 10.2. The Hall–Kier alpha value is -0.940. The second-order valence-electron chi connectivity index (χ2n) is 4.79. The van der Waals surface area contributed by atoms with E-state index >= 15 is 0 Å². The Morgan fingerprint density at radius 1 is 1.71 bits per heavy atom.